The lowest BCUT2D eigenvalue weighted by Crippen LogP contribution is -2.42. The monoisotopic (exact) mass is 248 g/mol. The Morgan fingerprint density at radius 2 is 1.78 bits per heavy atom. The van der Waals surface area contributed by atoms with E-state index < -0.39 is 0 Å². The van der Waals surface area contributed by atoms with Gasteiger partial charge < -0.3 is 4.74 Å². The minimum Gasteiger partial charge on any atom is -0.495 e. The highest BCUT2D eigenvalue weighted by atomic mass is 16.5. The first-order valence-electron chi connectivity index (χ1n) is 7.57. The van der Waals surface area contributed by atoms with Crippen LogP contribution in [0.2, 0.25) is 0 Å². The lowest BCUT2D eigenvalue weighted by molar-refractivity contribution is -0.0440. The SMILES string of the molecule is C=COC12CC1CCC1C2C(C)(C)C(C)C1(C)C. The molecule has 0 aliphatic heterocycles. The summed E-state index contributed by atoms with van der Waals surface area (Å²) in [5.74, 6) is 3.09. The summed E-state index contributed by atoms with van der Waals surface area (Å²) < 4.78 is 6.10. The Hall–Kier alpha value is -0.460. The van der Waals surface area contributed by atoms with Gasteiger partial charge in [-0.15, -0.1) is 0 Å². The van der Waals surface area contributed by atoms with Crippen molar-refractivity contribution in [3.63, 3.8) is 0 Å². The second-order valence-electron chi connectivity index (χ2n) is 8.17. The lowest BCUT2D eigenvalue weighted by Gasteiger charge is -2.42. The topological polar surface area (TPSA) is 9.23 Å². The van der Waals surface area contributed by atoms with Crippen molar-refractivity contribution in [2.24, 2.45) is 34.5 Å². The van der Waals surface area contributed by atoms with Gasteiger partial charge in [-0.25, -0.2) is 0 Å². The van der Waals surface area contributed by atoms with Crippen LogP contribution in [-0.4, -0.2) is 5.60 Å². The molecule has 0 heterocycles. The number of rotatable bonds is 2. The van der Waals surface area contributed by atoms with Crippen LogP contribution in [0.25, 0.3) is 0 Å². The molecule has 3 aliphatic rings. The van der Waals surface area contributed by atoms with Crippen molar-refractivity contribution in [2.75, 3.05) is 0 Å². The molecule has 102 valence electrons. The van der Waals surface area contributed by atoms with Crippen LogP contribution in [0.1, 0.15) is 53.9 Å². The summed E-state index contributed by atoms with van der Waals surface area (Å²) in [7, 11) is 0. The van der Waals surface area contributed by atoms with Gasteiger partial charge in [-0.1, -0.05) is 41.2 Å². The summed E-state index contributed by atoms with van der Waals surface area (Å²) >= 11 is 0. The van der Waals surface area contributed by atoms with Crippen LogP contribution >= 0.6 is 0 Å². The molecule has 0 aromatic rings. The zero-order valence-electron chi connectivity index (χ0n) is 12.6. The van der Waals surface area contributed by atoms with E-state index in [1.807, 2.05) is 0 Å². The van der Waals surface area contributed by atoms with Crippen molar-refractivity contribution in [3.8, 4) is 0 Å². The normalized spacial score (nSPS) is 51.2. The van der Waals surface area contributed by atoms with Crippen LogP contribution in [0.5, 0.6) is 0 Å². The van der Waals surface area contributed by atoms with Crippen LogP contribution in [0.3, 0.4) is 0 Å². The summed E-state index contributed by atoms with van der Waals surface area (Å²) in [5, 5.41) is 0. The summed E-state index contributed by atoms with van der Waals surface area (Å²) in [6, 6.07) is 0. The molecule has 5 atom stereocenters. The number of ether oxygens (including phenoxy) is 1. The van der Waals surface area contributed by atoms with Crippen molar-refractivity contribution in [2.45, 2.75) is 59.5 Å². The van der Waals surface area contributed by atoms with Gasteiger partial charge in [0.2, 0.25) is 0 Å². The maximum absolute atomic E-state index is 6.10. The first-order chi connectivity index (χ1) is 8.28. The quantitative estimate of drug-likeness (QED) is 0.647. The Balaban J connectivity index is 2.04. The van der Waals surface area contributed by atoms with E-state index in [0.717, 1.165) is 17.8 Å². The number of hydrogen-bond acceptors (Lipinski definition) is 1. The highest BCUT2D eigenvalue weighted by Crippen LogP contribution is 2.74. The first-order valence-corrected chi connectivity index (χ1v) is 7.57. The van der Waals surface area contributed by atoms with Gasteiger partial charge in [0.25, 0.3) is 0 Å². The van der Waals surface area contributed by atoms with E-state index in [0.29, 0.717) is 16.7 Å². The molecular formula is C17H28O. The Morgan fingerprint density at radius 3 is 2.39 bits per heavy atom. The van der Waals surface area contributed by atoms with Gasteiger partial charge in [-0.05, 0) is 41.9 Å². The highest BCUT2D eigenvalue weighted by Gasteiger charge is 2.74. The zero-order valence-corrected chi connectivity index (χ0v) is 12.6. The third kappa shape index (κ3) is 1.24. The number of hydrogen-bond donors (Lipinski definition) is 0. The Labute approximate surface area is 112 Å². The molecular weight excluding hydrogens is 220 g/mol. The van der Waals surface area contributed by atoms with Gasteiger partial charge >= 0.3 is 0 Å². The molecule has 3 fully saturated rings. The smallest absolute Gasteiger partial charge is 0.115 e. The fourth-order valence-electron chi connectivity index (χ4n) is 5.81. The van der Waals surface area contributed by atoms with Crippen LogP contribution in [0.4, 0.5) is 0 Å². The molecule has 18 heavy (non-hydrogen) atoms. The molecule has 0 bridgehead atoms. The van der Waals surface area contributed by atoms with Gasteiger partial charge in [0.15, 0.2) is 0 Å². The molecule has 0 aromatic carbocycles. The van der Waals surface area contributed by atoms with Crippen LogP contribution in [0.15, 0.2) is 12.8 Å². The predicted molar refractivity (Wildman–Crippen MR) is 75.1 cm³/mol. The Kier molecular flexibility index (Phi) is 2.34. The fourth-order valence-corrected chi connectivity index (χ4v) is 5.81. The van der Waals surface area contributed by atoms with Crippen molar-refractivity contribution in [1.29, 1.82) is 0 Å². The maximum atomic E-state index is 6.10. The Morgan fingerprint density at radius 1 is 1.11 bits per heavy atom. The minimum atomic E-state index is 0.149. The summed E-state index contributed by atoms with van der Waals surface area (Å²) in [5.41, 5.74) is 0.974. The molecule has 0 spiro atoms. The van der Waals surface area contributed by atoms with E-state index in [1.165, 1.54) is 19.3 Å². The molecule has 3 saturated carbocycles. The molecule has 0 N–H and O–H groups in total. The highest BCUT2D eigenvalue weighted by molar-refractivity contribution is 5.23. The zero-order chi connectivity index (χ0) is 13.3. The third-order valence-corrected chi connectivity index (χ3v) is 7.14. The fraction of sp³-hybridized carbons (Fsp3) is 0.882. The van der Waals surface area contributed by atoms with E-state index in [2.05, 4.69) is 41.2 Å². The van der Waals surface area contributed by atoms with Gasteiger partial charge in [0, 0.05) is 11.8 Å². The molecule has 3 aliphatic carbocycles. The van der Waals surface area contributed by atoms with E-state index >= 15 is 0 Å². The van der Waals surface area contributed by atoms with Gasteiger partial charge in [0.05, 0.1) is 6.26 Å². The van der Waals surface area contributed by atoms with E-state index in [-0.39, 0.29) is 5.60 Å². The van der Waals surface area contributed by atoms with E-state index in [4.69, 9.17) is 4.74 Å². The first kappa shape index (κ1) is 12.6. The standard InChI is InChI=1S/C17H28O/c1-7-18-17-10-12(17)8-9-13-14(17)16(5,6)11(2)15(13,3)4/h7,11-14H,1,8-10H2,2-6H3. The Bertz CT molecular complexity index is 381. The molecule has 1 nitrogen and oxygen atoms in total. The van der Waals surface area contributed by atoms with E-state index in [1.54, 1.807) is 6.26 Å². The van der Waals surface area contributed by atoms with Crippen LogP contribution in [0, 0.1) is 34.5 Å². The lowest BCUT2D eigenvalue weighted by atomic mass is 9.67. The molecule has 3 rings (SSSR count). The molecule has 1 heteroatoms. The van der Waals surface area contributed by atoms with Crippen LogP contribution in [-0.2, 0) is 4.74 Å². The maximum Gasteiger partial charge on any atom is 0.115 e. The summed E-state index contributed by atoms with van der Waals surface area (Å²) in [6.45, 7) is 16.2. The van der Waals surface area contributed by atoms with Crippen molar-refractivity contribution in [3.05, 3.63) is 12.8 Å². The summed E-state index contributed by atoms with van der Waals surface area (Å²) in [6.07, 6.45) is 5.74. The van der Waals surface area contributed by atoms with Crippen LogP contribution < -0.4 is 0 Å². The van der Waals surface area contributed by atoms with Crippen molar-refractivity contribution in [1.82, 2.24) is 0 Å². The minimum absolute atomic E-state index is 0.149. The largest absolute Gasteiger partial charge is 0.495 e. The average molecular weight is 248 g/mol. The third-order valence-electron chi connectivity index (χ3n) is 7.14. The van der Waals surface area contributed by atoms with Crippen molar-refractivity contribution >= 4 is 0 Å². The summed E-state index contributed by atoms with van der Waals surface area (Å²) in [4.78, 5) is 0. The molecule has 0 saturated heterocycles. The second kappa shape index (κ2) is 3.35. The van der Waals surface area contributed by atoms with Crippen molar-refractivity contribution < 1.29 is 4.74 Å². The molecule has 0 amide bonds. The molecule has 0 radical (unpaired) electrons. The van der Waals surface area contributed by atoms with E-state index in [9.17, 15) is 0 Å². The van der Waals surface area contributed by atoms with Gasteiger partial charge in [-0.3, -0.25) is 0 Å². The molecule has 0 aromatic heterocycles. The van der Waals surface area contributed by atoms with Gasteiger partial charge in [-0.2, -0.15) is 0 Å². The second-order valence-corrected chi connectivity index (χ2v) is 8.17. The van der Waals surface area contributed by atoms with Gasteiger partial charge in [0.1, 0.15) is 5.60 Å². The number of fused-ring (bicyclic) bond motifs is 3. The molecule has 5 unspecified atom stereocenters. The predicted octanol–water partition coefficient (Wildman–Crippen LogP) is 4.63. The average Bonchev–Trinajstić information content (AvgIpc) is 2.96.